The second-order valence-corrected chi connectivity index (χ2v) is 6.37. The van der Waals surface area contributed by atoms with Crippen molar-refractivity contribution in [2.24, 2.45) is 0 Å². The van der Waals surface area contributed by atoms with Gasteiger partial charge in [-0.05, 0) is 12.1 Å². The van der Waals surface area contributed by atoms with Gasteiger partial charge in [-0.2, -0.15) is 8.78 Å². The third-order valence-corrected chi connectivity index (χ3v) is 4.77. The van der Waals surface area contributed by atoms with Gasteiger partial charge in [0.15, 0.2) is 58.2 Å². The van der Waals surface area contributed by atoms with E-state index in [4.69, 9.17) is 0 Å². The third-order valence-electron chi connectivity index (χ3n) is 4.77. The van der Waals surface area contributed by atoms with E-state index < -0.39 is 97.5 Å². The zero-order valence-corrected chi connectivity index (χ0v) is 14.2. The van der Waals surface area contributed by atoms with Crippen molar-refractivity contribution in [3.05, 3.63) is 81.4 Å². The smallest absolute Gasteiger partial charge is 0.204 e. The number of alkyl halides is 2. The fourth-order valence-electron chi connectivity index (χ4n) is 3.47. The van der Waals surface area contributed by atoms with E-state index in [1.54, 1.807) is 0 Å². The maximum atomic E-state index is 15.0. The average Bonchev–Trinajstić information content (AvgIpc) is 2.96. The Balaban J connectivity index is 2.27. The fourth-order valence-corrected chi connectivity index (χ4v) is 3.47. The highest BCUT2D eigenvalue weighted by Crippen LogP contribution is 2.58. The number of benzene rings is 3. The molecule has 162 valence electrons. The largest absolute Gasteiger partial charge is 0.303 e. The molecule has 0 bridgehead atoms. The Morgan fingerprint density at radius 1 is 0.419 bits per heavy atom. The van der Waals surface area contributed by atoms with Crippen molar-refractivity contribution in [1.29, 1.82) is 0 Å². The summed E-state index contributed by atoms with van der Waals surface area (Å²) in [5.74, 6) is -30.0. The summed E-state index contributed by atoms with van der Waals surface area (Å²) in [6.07, 6.45) is 0. The molecule has 3 aromatic rings. The molecule has 0 radical (unpaired) electrons. The molecule has 0 saturated heterocycles. The van der Waals surface area contributed by atoms with E-state index in [0.717, 1.165) is 0 Å². The fraction of sp³-hybridized carbons (Fsp3) is 0.0526. The highest BCUT2D eigenvalue weighted by atomic mass is 19.3. The molecule has 0 fully saturated rings. The number of halogens is 12. The van der Waals surface area contributed by atoms with E-state index >= 15 is 0 Å². The summed E-state index contributed by atoms with van der Waals surface area (Å²) in [7, 11) is 0. The topological polar surface area (TPSA) is 0 Å². The molecule has 0 nitrogen and oxygen atoms in total. The molecule has 0 unspecified atom stereocenters. The lowest BCUT2D eigenvalue weighted by Crippen LogP contribution is -2.18. The molecule has 0 aromatic heterocycles. The third kappa shape index (κ3) is 2.47. The monoisotopic (exact) mass is 458 g/mol. The van der Waals surface area contributed by atoms with Crippen LogP contribution in [0.2, 0.25) is 0 Å². The van der Waals surface area contributed by atoms with Crippen LogP contribution in [0.5, 0.6) is 0 Å². The van der Waals surface area contributed by atoms with Crippen LogP contribution in [0.25, 0.3) is 22.3 Å². The standard InChI is InChI=1S/C19H2F12/c20-4-2-1-3(10(21)11(4)22)5-8-6(13(24)16(27)12(5)23)7-9(19(8,30)31)15(26)18(29)17(28)14(7)25/h1-2H. The number of fused-ring (bicyclic) bond motifs is 3. The quantitative estimate of drug-likeness (QED) is 0.212. The Morgan fingerprint density at radius 3 is 1.45 bits per heavy atom. The van der Waals surface area contributed by atoms with Crippen LogP contribution in [0.3, 0.4) is 0 Å². The van der Waals surface area contributed by atoms with Gasteiger partial charge in [-0.25, -0.2) is 43.9 Å². The second-order valence-electron chi connectivity index (χ2n) is 6.37. The van der Waals surface area contributed by atoms with Gasteiger partial charge in [0, 0.05) is 27.8 Å². The van der Waals surface area contributed by atoms with Crippen molar-refractivity contribution in [2.45, 2.75) is 5.92 Å². The van der Waals surface area contributed by atoms with Crippen molar-refractivity contribution < 1.29 is 52.7 Å². The van der Waals surface area contributed by atoms with Crippen molar-refractivity contribution in [1.82, 2.24) is 0 Å². The van der Waals surface area contributed by atoms with Gasteiger partial charge < -0.3 is 0 Å². The van der Waals surface area contributed by atoms with Crippen LogP contribution in [0.15, 0.2) is 12.1 Å². The van der Waals surface area contributed by atoms with E-state index in [1.165, 1.54) is 0 Å². The molecule has 0 atom stereocenters. The first-order valence-electron chi connectivity index (χ1n) is 7.93. The van der Waals surface area contributed by atoms with Crippen molar-refractivity contribution in [2.75, 3.05) is 0 Å². The predicted octanol–water partition coefficient (Wildman–Crippen LogP) is 6.87. The molecule has 0 spiro atoms. The average molecular weight is 458 g/mol. The van der Waals surface area contributed by atoms with Crippen LogP contribution < -0.4 is 0 Å². The number of hydrogen-bond donors (Lipinski definition) is 0. The molecule has 4 rings (SSSR count). The maximum Gasteiger partial charge on any atom is 0.303 e. The van der Waals surface area contributed by atoms with Gasteiger partial charge in [0.25, 0.3) is 0 Å². The number of rotatable bonds is 1. The molecule has 0 N–H and O–H groups in total. The van der Waals surface area contributed by atoms with E-state index in [1.807, 2.05) is 0 Å². The number of hydrogen-bond acceptors (Lipinski definition) is 0. The zero-order valence-electron chi connectivity index (χ0n) is 14.2. The van der Waals surface area contributed by atoms with Crippen molar-refractivity contribution in [3.63, 3.8) is 0 Å². The first-order valence-corrected chi connectivity index (χ1v) is 7.93. The molecule has 1 aliphatic rings. The van der Waals surface area contributed by atoms with Gasteiger partial charge in [-0.1, -0.05) is 0 Å². The van der Waals surface area contributed by atoms with Crippen LogP contribution in [0.1, 0.15) is 11.1 Å². The molecule has 12 heteroatoms. The minimum atomic E-state index is -5.08. The predicted molar refractivity (Wildman–Crippen MR) is 79.9 cm³/mol. The van der Waals surface area contributed by atoms with Gasteiger partial charge in [0.1, 0.15) is 0 Å². The van der Waals surface area contributed by atoms with E-state index in [0.29, 0.717) is 0 Å². The molecule has 3 aromatic carbocycles. The van der Waals surface area contributed by atoms with Crippen LogP contribution in [-0.2, 0) is 5.92 Å². The van der Waals surface area contributed by atoms with E-state index in [-0.39, 0.29) is 12.1 Å². The Bertz CT molecular complexity index is 1310. The Hall–Kier alpha value is -3.18. The van der Waals surface area contributed by atoms with Gasteiger partial charge in [-0.3, -0.25) is 0 Å². The van der Waals surface area contributed by atoms with Crippen LogP contribution in [0, 0.1) is 58.2 Å². The summed E-state index contributed by atoms with van der Waals surface area (Å²) in [5, 5.41) is 0. The normalized spacial score (nSPS) is 14.1. The van der Waals surface area contributed by atoms with Gasteiger partial charge in [-0.15, -0.1) is 0 Å². The SMILES string of the molecule is Fc1ccc(-c2c(F)c(F)c(F)c3c2C(F)(F)c2c(F)c(F)c(F)c(F)c2-3)c(F)c1F. The lowest BCUT2D eigenvalue weighted by atomic mass is 9.92. The van der Waals surface area contributed by atoms with Crippen LogP contribution in [0.4, 0.5) is 52.7 Å². The Kier molecular flexibility index (Phi) is 4.36. The summed E-state index contributed by atoms with van der Waals surface area (Å²) in [6.45, 7) is 0. The molecular formula is C19H2F12. The first kappa shape index (κ1) is 21.1. The summed E-state index contributed by atoms with van der Waals surface area (Å²) in [6, 6.07) is 0.304. The molecule has 31 heavy (non-hydrogen) atoms. The lowest BCUT2D eigenvalue weighted by molar-refractivity contribution is 0.0430. The molecule has 0 aliphatic heterocycles. The summed E-state index contributed by atoms with van der Waals surface area (Å²) in [5.41, 5.74) is -11.9. The minimum absolute atomic E-state index is 0.127. The highest BCUT2D eigenvalue weighted by molar-refractivity contribution is 5.88. The maximum absolute atomic E-state index is 15.0. The Morgan fingerprint density at radius 2 is 0.871 bits per heavy atom. The summed E-state index contributed by atoms with van der Waals surface area (Å²) in [4.78, 5) is 0. The van der Waals surface area contributed by atoms with Gasteiger partial charge >= 0.3 is 5.92 Å². The Labute approximate surface area is 163 Å². The first-order chi connectivity index (χ1) is 14.3. The molecule has 0 heterocycles. The zero-order chi connectivity index (χ0) is 23.2. The summed E-state index contributed by atoms with van der Waals surface area (Å²) >= 11 is 0. The minimum Gasteiger partial charge on any atom is -0.204 e. The molecule has 0 saturated carbocycles. The van der Waals surface area contributed by atoms with E-state index in [9.17, 15) is 52.7 Å². The van der Waals surface area contributed by atoms with Gasteiger partial charge in [0.2, 0.25) is 0 Å². The van der Waals surface area contributed by atoms with Crippen LogP contribution in [-0.4, -0.2) is 0 Å². The van der Waals surface area contributed by atoms with E-state index in [2.05, 4.69) is 0 Å². The molecular weight excluding hydrogens is 456 g/mol. The van der Waals surface area contributed by atoms with Crippen LogP contribution >= 0.6 is 0 Å². The van der Waals surface area contributed by atoms with Gasteiger partial charge in [0.05, 0.1) is 5.56 Å². The summed E-state index contributed by atoms with van der Waals surface area (Å²) < 4.78 is 169. The van der Waals surface area contributed by atoms with Crippen molar-refractivity contribution >= 4 is 0 Å². The van der Waals surface area contributed by atoms with Crippen molar-refractivity contribution in [3.8, 4) is 22.3 Å². The molecule has 1 aliphatic carbocycles. The molecule has 0 amide bonds. The lowest BCUT2D eigenvalue weighted by Gasteiger charge is -2.19. The highest BCUT2D eigenvalue weighted by Gasteiger charge is 2.54. The second kappa shape index (κ2) is 6.41.